The van der Waals surface area contributed by atoms with Crippen LogP contribution in [0.25, 0.3) is 6.08 Å². The predicted octanol–water partition coefficient (Wildman–Crippen LogP) is 4.24. The van der Waals surface area contributed by atoms with Gasteiger partial charge < -0.3 is 13.6 Å². The molecule has 0 bridgehead atoms. The standard InChI is InChI=1S/C16H26O3Si/c1-5-15-9-11-16(12-10-15)17-13-8-14-20(4,18-6-2)19-7-3/h5,9-12H,1,6-8,13-14H2,2-4H3. The van der Waals surface area contributed by atoms with E-state index in [0.29, 0.717) is 19.8 Å². The highest BCUT2D eigenvalue weighted by Gasteiger charge is 2.29. The van der Waals surface area contributed by atoms with E-state index in [9.17, 15) is 0 Å². The van der Waals surface area contributed by atoms with Crippen LogP contribution in [0.1, 0.15) is 25.8 Å². The van der Waals surface area contributed by atoms with Gasteiger partial charge in [-0.25, -0.2) is 0 Å². The number of benzene rings is 1. The van der Waals surface area contributed by atoms with Crippen LogP contribution in [0.3, 0.4) is 0 Å². The topological polar surface area (TPSA) is 27.7 Å². The second-order valence-corrected chi connectivity index (χ2v) is 8.07. The fourth-order valence-electron chi connectivity index (χ4n) is 2.08. The molecule has 3 nitrogen and oxygen atoms in total. The molecule has 0 spiro atoms. The summed E-state index contributed by atoms with van der Waals surface area (Å²) in [4.78, 5) is 0. The third kappa shape index (κ3) is 5.90. The Balaban J connectivity index is 2.33. The summed E-state index contributed by atoms with van der Waals surface area (Å²) in [5.41, 5.74) is 1.10. The van der Waals surface area contributed by atoms with Crippen molar-refractivity contribution in [3.8, 4) is 5.75 Å². The molecule has 0 aromatic heterocycles. The molecule has 0 saturated carbocycles. The summed E-state index contributed by atoms with van der Waals surface area (Å²) >= 11 is 0. The highest BCUT2D eigenvalue weighted by molar-refractivity contribution is 6.66. The van der Waals surface area contributed by atoms with E-state index in [0.717, 1.165) is 23.8 Å². The Morgan fingerprint density at radius 2 is 1.70 bits per heavy atom. The number of ether oxygens (including phenoxy) is 1. The van der Waals surface area contributed by atoms with Crippen LogP contribution >= 0.6 is 0 Å². The molecule has 1 rings (SSSR count). The van der Waals surface area contributed by atoms with Gasteiger partial charge in [0, 0.05) is 13.2 Å². The largest absolute Gasteiger partial charge is 0.494 e. The van der Waals surface area contributed by atoms with Gasteiger partial charge in [0.15, 0.2) is 0 Å². The molecular weight excluding hydrogens is 268 g/mol. The first kappa shape index (κ1) is 16.9. The molecule has 0 fully saturated rings. The van der Waals surface area contributed by atoms with E-state index in [1.165, 1.54) is 0 Å². The zero-order valence-electron chi connectivity index (χ0n) is 12.9. The fourth-order valence-corrected chi connectivity index (χ4v) is 4.46. The van der Waals surface area contributed by atoms with Gasteiger partial charge >= 0.3 is 8.56 Å². The molecule has 112 valence electrons. The maximum absolute atomic E-state index is 5.80. The minimum absolute atomic E-state index is 0.691. The van der Waals surface area contributed by atoms with E-state index in [1.807, 2.05) is 44.2 Å². The molecule has 1 aromatic carbocycles. The third-order valence-corrected chi connectivity index (χ3v) is 6.12. The Morgan fingerprint density at radius 1 is 1.10 bits per heavy atom. The van der Waals surface area contributed by atoms with E-state index < -0.39 is 8.56 Å². The van der Waals surface area contributed by atoms with Crippen molar-refractivity contribution in [1.29, 1.82) is 0 Å². The highest BCUT2D eigenvalue weighted by Crippen LogP contribution is 2.17. The molecule has 0 saturated heterocycles. The second kappa shape index (κ2) is 8.95. The van der Waals surface area contributed by atoms with Crippen molar-refractivity contribution in [2.75, 3.05) is 19.8 Å². The van der Waals surface area contributed by atoms with Crippen molar-refractivity contribution in [3.63, 3.8) is 0 Å². The van der Waals surface area contributed by atoms with Crippen molar-refractivity contribution in [1.82, 2.24) is 0 Å². The van der Waals surface area contributed by atoms with Gasteiger partial charge in [-0.2, -0.15) is 0 Å². The van der Waals surface area contributed by atoms with E-state index in [4.69, 9.17) is 13.6 Å². The minimum atomic E-state index is -2.00. The molecule has 1 aromatic rings. The molecular formula is C16H26O3Si. The van der Waals surface area contributed by atoms with Crippen molar-refractivity contribution in [2.24, 2.45) is 0 Å². The highest BCUT2D eigenvalue weighted by atomic mass is 28.4. The SMILES string of the molecule is C=Cc1ccc(OCCC[Si](C)(OCC)OCC)cc1. The summed E-state index contributed by atoms with van der Waals surface area (Å²) in [7, 11) is -2.00. The molecule has 20 heavy (non-hydrogen) atoms. The molecule has 0 heterocycles. The Bertz CT molecular complexity index is 383. The minimum Gasteiger partial charge on any atom is -0.494 e. The third-order valence-electron chi connectivity index (χ3n) is 3.06. The number of hydrogen-bond acceptors (Lipinski definition) is 3. The van der Waals surface area contributed by atoms with Gasteiger partial charge in [-0.05, 0) is 50.6 Å². The lowest BCUT2D eigenvalue weighted by molar-refractivity contribution is 0.185. The van der Waals surface area contributed by atoms with Crippen LogP contribution < -0.4 is 4.74 Å². The number of hydrogen-bond donors (Lipinski definition) is 0. The fraction of sp³-hybridized carbons (Fsp3) is 0.500. The molecule has 0 unspecified atom stereocenters. The van der Waals surface area contributed by atoms with E-state index in [-0.39, 0.29) is 0 Å². The monoisotopic (exact) mass is 294 g/mol. The van der Waals surface area contributed by atoms with Crippen LogP contribution in [-0.2, 0) is 8.85 Å². The first-order valence-electron chi connectivity index (χ1n) is 7.26. The van der Waals surface area contributed by atoms with Gasteiger partial charge in [0.25, 0.3) is 0 Å². The summed E-state index contributed by atoms with van der Waals surface area (Å²) in [6.45, 7) is 12.0. The molecule has 4 heteroatoms. The van der Waals surface area contributed by atoms with Gasteiger partial charge in [-0.15, -0.1) is 0 Å². The van der Waals surface area contributed by atoms with Crippen LogP contribution in [0.15, 0.2) is 30.8 Å². The Kier molecular flexibility index (Phi) is 7.58. The summed E-state index contributed by atoms with van der Waals surface area (Å²) in [6.07, 6.45) is 2.77. The zero-order chi connectivity index (χ0) is 14.8. The van der Waals surface area contributed by atoms with Crippen molar-refractivity contribution >= 4 is 14.6 Å². The van der Waals surface area contributed by atoms with Crippen LogP contribution in [0.4, 0.5) is 0 Å². The first-order chi connectivity index (χ1) is 9.63. The van der Waals surface area contributed by atoms with Crippen molar-refractivity contribution < 1.29 is 13.6 Å². The van der Waals surface area contributed by atoms with Gasteiger partial charge in [0.05, 0.1) is 6.61 Å². The summed E-state index contributed by atoms with van der Waals surface area (Å²) in [5.74, 6) is 0.895. The maximum Gasteiger partial charge on any atom is 0.335 e. The molecule has 0 aliphatic heterocycles. The van der Waals surface area contributed by atoms with Gasteiger partial charge in [-0.3, -0.25) is 0 Å². The van der Waals surface area contributed by atoms with Gasteiger partial charge in [-0.1, -0.05) is 24.8 Å². The zero-order valence-corrected chi connectivity index (χ0v) is 13.9. The molecule has 0 radical (unpaired) electrons. The summed E-state index contributed by atoms with van der Waals surface area (Å²) < 4.78 is 17.3. The smallest absolute Gasteiger partial charge is 0.335 e. The molecule has 0 amide bonds. The molecule has 0 atom stereocenters. The van der Waals surface area contributed by atoms with Crippen molar-refractivity contribution in [2.45, 2.75) is 32.9 Å². The normalized spacial score (nSPS) is 11.3. The molecule has 0 aliphatic carbocycles. The van der Waals surface area contributed by atoms with Crippen LogP contribution in [-0.4, -0.2) is 28.4 Å². The average molecular weight is 294 g/mol. The van der Waals surface area contributed by atoms with E-state index in [2.05, 4.69) is 13.1 Å². The first-order valence-corrected chi connectivity index (χ1v) is 9.79. The van der Waals surface area contributed by atoms with Crippen molar-refractivity contribution in [3.05, 3.63) is 36.4 Å². The number of rotatable bonds is 10. The molecule has 0 aliphatic rings. The quantitative estimate of drug-likeness (QED) is 0.477. The Morgan fingerprint density at radius 3 is 2.20 bits per heavy atom. The van der Waals surface area contributed by atoms with Gasteiger partial charge in [0.2, 0.25) is 0 Å². The van der Waals surface area contributed by atoms with E-state index in [1.54, 1.807) is 0 Å². The Labute approximate surface area is 123 Å². The maximum atomic E-state index is 5.80. The van der Waals surface area contributed by atoms with Crippen LogP contribution in [0, 0.1) is 0 Å². The lowest BCUT2D eigenvalue weighted by atomic mass is 10.2. The predicted molar refractivity (Wildman–Crippen MR) is 86.3 cm³/mol. The van der Waals surface area contributed by atoms with E-state index >= 15 is 0 Å². The lowest BCUT2D eigenvalue weighted by Gasteiger charge is -2.25. The molecule has 0 N–H and O–H groups in total. The lowest BCUT2D eigenvalue weighted by Crippen LogP contribution is -2.38. The van der Waals surface area contributed by atoms with Crippen LogP contribution in [0.5, 0.6) is 5.75 Å². The average Bonchev–Trinajstić information content (AvgIpc) is 2.45. The summed E-state index contributed by atoms with van der Waals surface area (Å²) in [6, 6.07) is 8.90. The second-order valence-electron chi connectivity index (χ2n) is 4.73. The van der Waals surface area contributed by atoms with Gasteiger partial charge in [0.1, 0.15) is 5.75 Å². The summed E-state index contributed by atoms with van der Waals surface area (Å²) in [5, 5.41) is 0. The van der Waals surface area contributed by atoms with Crippen LogP contribution in [0.2, 0.25) is 12.6 Å². The Hall–Kier alpha value is -1.10.